The largest absolute Gasteiger partial charge is 0.242 e. The van der Waals surface area contributed by atoms with E-state index in [9.17, 15) is 8.42 Å². The lowest BCUT2D eigenvalue weighted by Crippen LogP contribution is -2.22. The van der Waals surface area contributed by atoms with Gasteiger partial charge in [0.2, 0.25) is 10.0 Å². The Morgan fingerprint density at radius 2 is 1.89 bits per heavy atom. The summed E-state index contributed by atoms with van der Waals surface area (Å²) < 4.78 is 25.3. The van der Waals surface area contributed by atoms with Gasteiger partial charge in [-0.2, -0.15) is 0 Å². The van der Waals surface area contributed by atoms with E-state index >= 15 is 0 Å². The van der Waals surface area contributed by atoms with Gasteiger partial charge in [0.25, 0.3) is 0 Å². The average molecular weight is 277 g/mol. The first kappa shape index (κ1) is 13.6. The van der Waals surface area contributed by atoms with E-state index in [1.807, 2.05) is 6.07 Å². The quantitative estimate of drug-likeness (QED) is 0.856. The highest BCUT2D eigenvalue weighted by Gasteiger charge is 2.17. The maximum absolute atomic E-state index is 12.1. The van der Waals surface area contributed by atoms with E-state index in [1.54, 1.807) is 37.4 Å². The number of hydrogen-bond acceptors (Lipinski definition) is 4. The van der Waals surface area contributed by atoms with Crippen molar-refractivity contribution in [3.8, 4) is 11.3 Å². The molecule has 100 valence electrons. The van der Waals surface area contributed by atoms with Gasteiger partial charge < -0.3 is 0 Å². The van der Waals surface area contributed by atoms with Crippen LogP contribution in [0.5, 0.6) is 0 Å². The molecule has 0 aliphatic rings. The van der Waals surface area contributed by atoms with Gasteiger partial charge in [-0.3, -0.25) is 0 Å². The lowest BCUT2D eigenvalue weighted by molar-refractivity contribution is 0.521. The van der Waals surface area contributed by atoms with Crippen LogP contribution in [-0.4, -0.2) is 36.8 Å². The smallest absolute Gasteiger partial charge is 0.242 e. The Bertz CT molecular complexity index is 697. The Labute approximate surface area is 113 Å². The van der Waals surface area contributed by atoms with E-state index in [0.717, 1.165) is 5.56 Å². The highest BCUT2D eigenvalue weighted by molar-refractivity contribution is 7.89. The predicted molar refractivity (Wildman–Crippen MR) is 73.1 cm³/mol. The van der Waals surface area contributed by atoms with Crippen LogP contribution in [0.1, 0.15) is 5.82 Å². The number of rotatable bonds is 3. The SMILES string of the molecule is Cc1nccc(-c2cccc(S(=O)(=O)N(C)C)c2)n1. The van der Waals surface area contributed by atoms with Gasteiger partial charge in [-0.1, -0.05) is 12.1 Å². The summed E-state index contributed by atoms with van der Waals surface area (Å²) in [7, 11) is -0.406. The highest BCUT2D eigenvalue weighted by atomic mass is 32.2. The van der Waals surface area contributed by atoms with Gasteiger partial charge in [-0.25, -0.2) is 22.7 Å². The lowest BCUT2D eigenvalue weighted by Gasteiger charge is -2.12. The zero-order chi connectivity index (χ0) is 14.0. The van der Waals surface area contributed by atoms with Crippen LogP contribution in [0.15, 0.2) is 41.4 Å². The van der Waals surface area contributed by atoms with Crippen LogP contribution in [-0.2, 0) is 10.0 Å². The molecule has 0 bridgehead atoms. The van der Waals surface area contributed by atoms with Crippen molar-refractivity contribution in [2.75, 3.05) is 14.1 Å². The fourth-order valence-electron chi connectivity index (χ4n) is 1.64. The van der Waals surface area contributed by atoms with Gasteiger partial charge in [0.15, 0.2) is 0 Å². The summed E-state index contributed by atoms with van der Waals surface area (Å²) in [6.07, 6.45) is 1.66. The Balaban J connectivity index is 2.52. The predicted octanol–water partition coefficient (Wildman–Crippen LogP) is 1.70. The molecule has 1 aromatic carbocycles. The molecular formula is C13H15N3O2S. The van der Waals surface area contributed by atoms with E-state index < -0.39 is 10.0 Å². The molecule has 1 aromatic heterocycles. The molecule has 0 unspecified atom stereocenters. The summed E-state index contributed by atoms with van der Waals surface area (Å²) in [6, 6.07) is 8.50. The molecule has 0 aliphatic heterocycles. The zero-order valence-corrected chi connectivity index (χ0v) is 11.8. The second kappa shape index (κ2) is 5.07. The van der Waals surface area contributed by atoms with E-state index in [-0.39, 0.29) is 4.90 Å². The molecule has 6 heteroatoms. The number of benzene rings is 1. The second-order valence-corrected chi connectivity index (χ2v) is 6.46. The van der Waals surface area contributed by atoms with Crippen LogP contribution in [0.4, 0.5) is 0 Å². The molecule has 0 N–H and O–H groups in total. The van der Waals surface area contributed by atoms with Crippen molar-refractivity contribution in [1.29, 1.82) is 0 Å². The summed E-state index contributed by atoms with van der Waals surface area (Å²) in [5.74, 6) is 0.651. The van der Waals surface area contributed by atoms with Crippen LogP contribution in [0.25, 0.3) is 11.3 Å². The molecule has 1 heterocycles. The maximum atomic E-state index is 12.1. The first-order valence-electron chi connectivity index (χ1n) is 5.74. The molecule has 0 fully saturated rings. The lowest BCUT2D eigenvalue weighted by atomic mass is 10.1. The summed E-state index contributed by atoms with van der Waals surface area (Å²) in [5, 5.41) is 0. The number of hydrogen-bond donors (Lipinski definition) is 0. The van der Waals surface area contributed by atoms with E-state index in [2.05, 4.69) is 9.97 Å². The minimum absolute atomic E-state index is 0.256. The minimum Gasteiger partial charge on any atom is -0.242 e. The third-order valence-electron chi connectivity index (χ3n) is 2.68. The molecule has 0 saturated carbocycles. The molecule has 5 nitrogen and oxygen atoms in total. The molecule has 0 radical (unpaired) electrons. The van der Waals surface area contributed by atoms with Gasteiger partial charge in [0.05, 0.1) is 10.6 Å². The standard InChI is InChI=1S/C13H15N3O2S/c1-10-14-8-7-13(15-10)11-5-4-6-12(9-11)19(17,18)16(2)3/h4-9H,1-3H3. The molecular weight excluding hydrogens is 262 g/mol. The van der Waals surface area contributed by atoms with Crippen LogP contribution >= 0.6 is 0 Å². The monoisotopic (exact) mass is 277 g/mol. The second-order valence-electron chi connectivity index (χ2n) is 4.30. The van der Waals surface area contributed by atoms with Crippen molar-refractivity contribution in [1.82, 2.24) is 14.3 Å². The number of aryl methyl sites for hydroxylation is 1. The van der Waals surface area contributed by atoms with Crippen molar-refractivity contribution in [2.45, 2.75) is 11.8 Å². The fourth-order valence-corrected chi connectivity index (χ4v) is 2.59. The van der Waals surface area contributed by atoms with Gasteiger partial charge >= 0.3 is 0 Å². The van der Waals surface area contributed by atoms with Crippen molar-refractivity contribution in [3.05, 3.63) is 42.4 Å². The van der Waals surface area contributed by atoms with Crippen LogP contribution < -0.4 is 0 Å². The number of sulfonamides is 1. The first-order chi connectivity index (χ1) is 8.91. The van der Waals surface area contributed by atoms with E-state index in [4.69, 9.17) is 0 Å². The summed E-state index contributed by atoms with van der Waals surface area (Å²) in [5.41, 5.74) is 1.47. The number of nitrogens with zero attached hydrogens (tertiary/aromatic N) is 3. The third-order valence-corrected chi connectivity index (χ3v) is 4.50. The summed E-state index contributed by atoms with van der Waals surface area (Å²) >= 11 is 0. The molecule has 0 amide bonds. The Morgan fingerprint density at radius 3 is 2.53 bits per heavy atom. The molecule has 0 atom stereocenters. The molecule has 0 spiro atoms. The third kappa shape index (κ3) is 2.80. The van der Waals surface area contributed by atoms with E-state index in [1.165, 1.54) is 18.4 Å². The molecule has 2 aromatic rings. The van der Waals surface area contributed by atoms with Gasteiger partial charge in [0, 0.05) is 25.9 Å². The summed E-state index contributed by atoms with van der Waals surface area (Å²) in [6.45, 7) is 1.80. The highest BCUT2D eigenvalue weighted by Crippen LogP contribution is 2.21. The fraction of sp³-hybridized carbons (Fsp3) is 0.231. The van der Waals surface area contributed by atoms with E-state index in [0.29, 0.717) is 11.5 Å². The van der Waals surface area contributed by atoms with Gasteiger partial charge in [-0.15, -0.1) is 0 Å². The minimum atomic E-state index is -3.43. The van der Waals surface area contributed by atoms with Crippen molar-refractivity contribution in [2.24, 2.45) is 0 Å². The van der Waals surface area contributed by atoms with Crippen LogP contribution in [0.3, 0.4) is 0 Å². The topological polar surface area (TPSA) is 63.2 Å². The molecule has 2 rings (SSSR count). The van der Waals surface area contributed by atoms with Gasteiger partial charge in [-0.05, 0) is 25.1 Å². The Morgan fingerprint density at radius 1 is 1.16 bits per heavy atom. The van der Waals surface area contributed by atoms with Crippen molar-refractivity contribution in [3.63, 3.8) is 0 Å². The Kier molecular flexibility index (Phi) is 3.64. The Hall–Kier alpha value is -1.79. The van der Waals surface area contributed by atoms with Crippen molar-refractivity contribution < 1.29 is 8.42 Å². The molecule has 0 saturated heterocycles. The summed E-state index contributed by atoms with van der Waals surface area (Å²) in [4.78, 5) is 8.57. The molecule has 0 aliphatic carbocycles. The van der Waals surface area contributed by atoms with Crippen LogP contribution in [0.2, 0.25) is 0 Å². The number of aromatic nitrogens is 2. The first-order valence-corrected chi connectivity index (χ1v) is 7.18. The zero-order valence-electron chi connectivity index (χ0n) is 11.0. The van der Waals surface area contributed by atoms with Gasteiger partial charge in [0.1, 0.15) is 5.82 Å². The molecule has 19 heavy (non-hydrogen) atoms. The normalized spacial score (nSPS) is 11.8. The van der Waals surface area contributed by atoms with Crippen LogP contribution in [0, 0.1) is 6.92 Å². The maximum Gasteiger partial charge on any atom is 0.242 e. The van der Waals surface area contributed by atoms with Crippen molar-refractivity contribution >= 4 is 10.0 Å². The average Bonchev–Trinajstić information content (AvgIpc) is 2.38.